The Kier molecular flexibility index (Phi) is 5.65. The van der Waals surface area contributed by atoms with Crippen LogP contribution in [0.25, 0.3) is 0 Å². The van der Waals surface area contributed by atoms with Gasteiger partial charge < -0.3 is 0 Å². The molecule has 2 aromatic rings. The smallest absolute Gasteiger partial charge is 0.0728 e. The van der Waals surface area contributed by atoms with Gasteiger partial charge in [-0.25, -0.2) is 0 Å². The lowest BCUT2D eigenvalue weighted by Crippen LogP contribution is -2.12. The molecular weight excluding hydrogens is 268 g/mol. The predicted molar refractivity (Wildman–Crippen MR) is 95.6 cm³/mol. The normalized spacial score (nSPS) is 13.0. The Bertz CT molecular complexity index is 578. The van der Waals surface area contributed by atoms with Crippen LogP contribution in [0.1, 0.15) is 38.8 Å². The van der Waals surface area contributed by atoms with Gasteiger partial charge >= 0.3 is 0 Å². The minimum absolute atomic E-state index is 0.329. The first-order chi connectivity index (χ1) is 10.6. The number of benzene rings is 2. The molecule has 0 radical (unpaired) electrons. The SMILES string of the molecule is CC(C)/C(=N\N=C(\c1ccccc1)C(C)C)c1ccccc1. The van der Waals surface area contributed by atoms with Crippen molar-refractivity contribution in [1.29, 1.82) is 0 Å². The van der Waals surface area contributed by atoms with Crippen LogP contribution in [0.4, 0.5) is 0 Å². The van der Waals surface area contributed by atoms with Gasteiger partial charge in [-0.05, 0) is 23.0 Å². The van der Waals surface area contributed by atoms with Crippen LogP contribution in [-0.4, -0.2) is 11.4 Å². The molecule has 0 aliphatic rings. The lowest BCUT2D eigenvalue weighted by molar-refractivity contribution is 0.859. The Morgan fingerprint density at radius 2 is 0.909 bits per heavy atom. The van der Waals surface area contributed by atoms with Gasteiger partial charge in [-0.15, -0.1) is 0 Å². The number of nitrogens with zero attached hydrogens (tertiary/aromatic N) is 2. The summed E-state index contributed by atoms with van der Waals surface area (Å²) in [7, 11) is 0. The number of hydrogen-bond acceptors (Lipinski definition) is 2. The summed E-state index contributed by atoms with van der Waals surface area (Å²) in [4.78, 5) is 0. The Balaban J connectivity index is 2.42. The Morgan fingerprint density at radius 1 is 0.591 bits per heavy atom. The fraction of sp³-hybridized carbons (Fsp3) is 0.300. The first kappa shape index (κ1) is 16.2. The van der Waals surface area contributed by atoms with Crippen LogP contribution in [-0.2, 0) is 0 Å². The van der Waals surface area contributed by atoms with Gasteiger partial charge in [0.1, 0.15) is 0 Å². The average molecular weight is 292 g/mol. The predicted octanol–water partition coefficient (Wildman–Crippen LogP) is 5.19. The molecule has 0 saturated carbocycles. The largest absolute Gasteiger partial charge is 0.154 e. The highest BCUT2D eigenvalue weighted by molar-refractivity contribution is 6.04. The lowest BCUT2D eigenvalue weighted by Gasteiger charge is -2.11. The first-order valence-electron chi connectivity index (χ1n) is 7.86. The highest BCUT2D eigenvalue weighted by Gasteiger charge is 2.11. The van der Waals surface area contributed by atoms with E-state index in [4.69, 9.17) is 0 Å². The molecule has 2 rings (SSSR count). The van der Waals surface area contributed by atoms with Crippen molar-refractivity contribution in [3.8, 4) is 0 Å². The molecule has 0 amide bonds. The number of rotatable bonds is 5. The maximum atomic E-state index is 4.60. The summed E-state index contributed by atoms with van der Waals surface area (Å²) in [6, 6.07) is 20.6. The minimum atomic E-state index is 0.329. The maximum Gasteiger partial charge on any atom is 0.0728 e. The second-order valence-electron chi connectivity index (χ2n) is 6.01. The third kappa shape index (κ3) is 4.14. The fourth-order valence-corrected chi connectivity index (χ4v) is 2.34. The van der Waals surface area contributed by atoms with E-state index < -0.39 is 0 Å². The van der Waals surface area contributed by atoms with Gasteiger partial charge in [0.25, 0.3) is 0 Å². The molecule has 0 atom stereocenters. The Hall–Kier alpha value is -2.22. The molecule has 0 bridgehead atoms. The van der Waals surface area contributed by atoms with Crippen molar-refractivity contribution in [3.63, 3.8) is 0 Å². The van der Waals surface area contributed by atoms with E-state index in [0.717, 1.165) is 22.6 Å². The summed E-state index contributed by atoms with van der Waals surface area (Å²) in [5.74, 6) is 0.658. The van der Waals surface area contributed by atoms with Crippen molar-refractivity contribution in [2.45, 2.75) is 27.7 Å². The van der Waals surface area contributed by atoms with E-state index in [1.807, 2.05) is 36.4 Å². The molecule has 2 aromatic carbocycles. The fourth-order valence-electron chi connectivity index (χ4n) is 2.34. The summed E-state index contributed by atoms with van der Waals surface area (Å²) in [5, 5.41) is 9.19. The first-order valence-corrected chi connectivity index (χ1v) is 7.86. The summed E-state index contributed by atoms with van der Waals surface area (Å²) >= 11 is 0. The van der Waals surface area contributed by atoms with E-state index in [0.29, 0.717) is 11.8 Å². The topological polar surface area (TPSA) is 24.7 Å². The molecule has 0 aromatic heterocycles. The monoisotopic (exact) mass is 292 g/mol. The number of hydrogen-bond donors (Lipinski definition) is 0. The summed E-state index contributed by atoms with van der Waals surface area (Å²) < 4.78 is 0. The van der Waals surface area contributed by atoms with Crippen molar-refractivity contribution in [2.24, 2.45) is 22.0 Å². The van der Waals surface area contributed by atoms with Gasteiger partial charge in [0.05, 0.1) is 11.4 Å². The molecule has 22 heavy (non-hydrogen) atoms. The highest BCUT2D eigenvalue weighted by Crippen LogP contribution is 2.13. The average Bonchev–Trinajstić information content (AvgIpc) is 2.52. The van der Waals surface area contributed by atoms with Gasteiger partial charge in [0, 0.05) is 0 Å². The molecule has 0 saturated heterocycles. The molecule has 0 aliphatic heterocycles. The molecule has 114 valence electrons. The van der Waals surface area contributed by atoms with Gasteiger partial charge in [0.15, 0.2) is 0 Å². The zero-order chi connectivity index (χ0) is 15.9. The molecule has 0 N–H and O–H groups in total. The van der Waals surface area contributed by atoms with Gasteiger partial charge in [0.2, 0.25) is 0 Å². The van der Waals surface area contributed by atoms with E-state index in [9.17, 15) is 0 Å². The third-order valence-corrected chi connectivity index (χ3v) is 3.50. The van der Waals surface area contributed by atoms with E-state index >= 15 is 0 Å². The maximum absolute atomic E-state index is 4.60. The van der Waals surface area contributed by atoms with E-state index in [1.54, 1.807) is 0 Å². The van der Waals surface area contributed by atoms with Crippen LogP contribution < -0.4 is 0 Å². The zero-order valence-corrected chi connectivity index (χ0v) is 13.8. The summed E-state index contributed by atoms with van der Waals surface area (Å²) in [6.07, 6.45) is 0. The van der Waals surface area contributed by atoms with E-state index in [1.165, 1.54) is 0 Å². The standard InChI is InChI=1S/C20H24N2/c1-15(2)19(17-11-7-5-8-12-17)21-22-20(16(3)4)18-13-9-6-10-14-18/h5-16H,1-4H3/b21-19+,22-20+. The van der Waals surface area contributed by atoms with Gasteiger partial charge in [-0.1, -0.05) is 88.4 Å². The van der Waals surface area contributed by atoms with Crippen molar-refractivity contribution in [2.75, 3.05) is 0 Å². The Labute approximate surface area is 133 Å². The summed E-state index contributed by atoms with van der Waals surface area (Å²) in [5.41, 5.74) is 4.32. The van der Waals surface area contributed by atoms with Crippen LogP contribution in [0.2, 0.25) is 0 Å². The van der Waals surface area contributed by atoms with Crippen LogP contribution in [0.3, 0.4) is 0 Å². The third-order valence-electron chi connectivity index (χ3n) is 3.50. The van der Waals surface area contributed by atoms with Crippen LogP contribution in [0.15, 0.2) is 70.9 Å². The molecule has 0 heterocycles. The molecule has 0 unspecified atom stereocenters. The van der Waals surface area contributed by atoms with Gasteiger partial charge in [-0.2, -0.15) is 10.2 Å². The quantitative estimate of drug-likeness (QED) is 0.535. The van der Waals surface area contributed by atoms with Crippen LogP contribution in [0.5, 0.6) is 0 Å². The van der Waals surface area contributed by atoms with Crippen molar-refractivity contribution in [1.82, 2.24) is 0 Å². The second-order valence-corrected chi connectivity index (χ2v) is 6.01. The van der Waals surface area contributed by atoms with Crippen molar-refractivity contribution in [3.05, 3.63) is 71.8 Å². The highest BCUT2D eigenvalue weighted by atomic mass is 15.2. The molecule has 2 heteroatoms. The zero-order valence-electron chi connectivity index (χ0n) is 13.8. The molecular formula is C20H24N2. The molecule has 0 aliphatic carbocycles. The second kappa shape index (κ2) is 7.69. The Morgan fingerprint density at radius 3 is 1.18 bits per heavy atom. The summed E-state index contributed by atoms with van der Waals surface area (Å²) in [6.45, 7) is 8.61. The van der Waals surface area contributed by atoms with Crippen LogP contribution >= 0.6 is 0 Å². The minimum Gasteiger partial charge on any atom is -0.154 e. The molecule has 2 nitrogen and oxygen atoms in total. The molecule has 0 spiro atoms. The molecule has 0 fully saturated rings. The van der Waals surface area contributed by atoms with E-state index in [-0.39, 0.29) is 0 Å². The lowest BCUT2D eigenvalue weighted by atomic mass is 10.00. The van der Waals surface area contributed by atoms with Crippen molar-refractivity contribution < 1.29 is 0 Å². The van der Waals surface area contributed by atoms with Gasteiger partial charge in [-0.3, -0.25) is 0 Å². The van der Waals surface area contributed by atoms with E-state index in [2.05, 4.69) is 62.2 Å². The van der Waals surface area contributed by atoms with Crippen LogP contribution in [0, 0.1) is 11.8 Å². The van der Waals surface area contributed by atoms with Crippen molar-refractivity contribution >= 4 is 11.4 Å².